The Morgan fingerprint density at radius 1 is 0.929 bits per heavy atom. The number of carbonyl (C=O) groups is 2. The number of benzene rings is 2. The molecule has 7 nitrogen and oxygen atoms in total. The Balaban J connectivity index is 1.64. The van der Waals surface area contributed by atoms with Crippen LogP contribution in [0.15, 0.2) is 54.9 Å². The molecule has 142 valence electrons. The molecule has 0 radical (unpaired) electrons. The first-order valence-corrected chi connectivity index (χ1v) is 8.83. The third-order valence-electron chi connectivity index (χ3n) is 3.81. The van der Waals surface area contributed by atoms with E-state index in [-0.39, 0.29) is 11.8 Å². The predicted molar refractivity (Wildman–Crippen MR) is 110 cm³/mol. The molecule has 0 fully saturated rings. The molecule has 28 heavy (non-hydrogen) atoms. The number of anilines is 4. The fourth-order valence-electron chi connectivity index (χ4n) is 2.44. The van der Waals surface area contributed by atoms with Gasteiger partial charge in [0.15, 0.2) is 0 Å². The fourth-order valence-corrected chi connectivity index (χ4v) is 2.67. The van der Waals surface area contributed by atoms with E-state index in [1.54, 1.807) is 42.5 Å². The van der Waals surface area contributed by atoms with Gasteiger partial charge in [0.1, 0.15) is 0 Å². The molecule has 8 heteroatoms. The molecule has 0 aliphatic carbocycles. The lowest BCUT2D eigenvalue weighted by Crippen LogP contribution is -2.13. The van der Waals surface area contributed by atoms with E-state index < -0.39 is 0 Å². The number of rotatable bonds is 5. The maximum Gasteiger partial charge on any atom is 0.258 e. The molecule has 0 unspecified atom stereocenters. The Hall–Kier alpha value is -3.45. The highest BCUT2D eigenvalue weighted by molar-refractivity contribution is 6.30. The first kappa shape index (κ1) is 19.3. The molecule has 0 aliphatic rings. The summed E-state index contributed by atoms with van der Waals surface area (Å²) < 4.78 is 0. The van der Waals surface area contributed by atoms with Gasteiger partial charge in [0.2, 0.25) is 11.9 Å². The van der Waals surface area contributed by atoms with Gasteiger partial charge >= 0.3 is 0 Å². The highest BCUT2D eigenvalue weighted by Crippen LogP contribution is 2.20. The van der Waals surface area contributed by atoms with Crippen LogP contribution in [0, 0.1) is 6.92 Å². The van der Waals surface area contributed by atoms with Crippen molar-refractivity contribution in [1.82, 2.24) is 9.97 Å². The van der Waals surface area contributed by atoms with Gasteiger partial charge in [-0.05, 0) is 55.0 Å². The number of aromatic nitrogens is 2. The Kier molecular flexibility index (Phi) is 5.86. The van der Waals surface area contributed by atoms with Crippen LogP contribution < -0.4 is 16.0 Å². The molecule has 3 rings (SSSR count). The van der Waals surface area contributed by atoms with Gasteiger partial charge in [-0.25, -0.2) is 9.97 Å². The monoisotopic (exact) mass is 395 g/mol. The van der Waals surface area contributed by atoms with Gasteiger partial charge in [0.25, 0.3) is 5.91 Å². The predicted octanol–water partition coefficient (Wildman–Crippen LogP) is 4.39. The Morgan fingerprint density at radius 3 is 2.18 bits per heavy atom. The number of hydrogen-bond donors (Lipinski definition) is 3. The second-order valence-corrected chi connectivity index (χ2v) is 6.53. The third-order valence-corrected chi connectivity index (χ3v) is 4.05. The number of aryl methyl sites for hydroxylation is 1. The zero-order valence-electron chi connectivity index (χ0n) is 15.3. The average molecular weight is 396 g/mol. The van der Waals surface area contributed by atoms with Crippen LogP contribution in [-0.2, 0) is 4.79 Å². The smallest absolute Gasteiger partial charge is 0.258 e. The molecule has 0 saturated carbocycles. The highest BCUT2D eigenvalue weighted by Gasteiger charge is 2.10. The van der Waals surface area contributed by atoms with E-state index in [1.165, 1.54) is 19.3 Å². The summed E-state index contributed by atoms with van der Waals surface area (Å²) in [5, 5.41) is 9.15. The summed E-state index contributed by atoms with van der Waals surface area (Å²) in [6.07, 6.45) is 2.89. The van der Waals surface area contributed by atoms with Crippen molar-refractivity contribution >= 4 is 46.4 Å². The summed E-state index contributed by atoms with van der Waals surface area (Å²) in [7, 11) is 0. The lowest BCUT2D eigenvalue weighted by atomic mass is 10.2. The molecule has 1 aromatic heterocycles. The van der Waals surface area contributed by atoms with Gasteiger partial charge in [0.05, 0.1) is 5.56 Å². The number of halogens is 1. The lowest BCUT2D eigenvalue weighted by molar-refractivity contribution is -0.114. The van der Waals surface area contributed by atoms with E-state index in [2.05, 4.69) is 25.9 Å². The molecule has 3 aromatic rings. The van der Waals surface area contributed by atoms with Crippen LogP contribution in [0.25, 0.3) is 0 Å². The highest BCUT2D eigenvalue weighted by atomic mass is 35.5. The maximum absolute atomic E-state index is 12.4. The van der Waals surface area contributed by atoms with Crippen LogP contribution in [0.5, 0.6) is 0 Å². The molecule has 0 bridgehead atoms. The molecule has 2 amide bonds. The molecule has 0 atom stereocenters. The van der Waals surface area contributed by atoms with Crippen LogP contribution in [0.2, 0.25) is 5.02 Å². The molecular weight excluding hydrogens is 378 g/mol. The van der Waals surface area contributed by atoms with E-state index in [0.29, 0.717) is 27.9 Å². The van der Waals surface area contributed by atoms with Crippen molar-refractivity contribution < 1.29 is 9.59 Å². The molecule has 1 heterocycles. The molecule has 0 aliphatic heterocycles. The van der Waals surface area contributed by atoms with Crippen LogP contribution in [0.3, 0.4) is 0 Å². The molecule has 0 spiro atoms. The van der Waals surface area contributed by atoms with Crippen LogP contribution in [0.1, 0.15) is 22.8 Å². The van der Waals surface area contributed by atoms with Gasteiger partial charge in [-0.1, -0.05) is 11.6 Å². The minimum absolute atomic E-state index is 0.133. The Morgan fingerprint density at radius 2 is 1.57 bits per heavy atom. The first-order valence-electron chi connectivity index (χ1n) is 8.45. The summed E-state index contributed by atoms with van der Waals surface area (Å²) in [4.78, 5) is 31.7. The van der Waals surface area contributed by atoms with Crippen molar-refractivity contribution in [2.45, 2.75) is 13.8 Å². The second kappa shape index (κ2) is 8.49. The summed E-state index contributed by atoms with van der Waals surface area (Å²) in [5.74, 6) is -0.0881. The van der Waals surface area contributed by atoms with Gasteiger partial charge in [-0.15, -0.1) is 0 Å². The quantitative estimate of drug-likeness (QED) is 0.595. The fraction of sp³-hybridized carbons (Fsp3) is 0.100. The summed E-state index contributed by atoms with van der Waals surface area (Å²) in [6, 6.07) is 12.3. The summed E-state index contributed by atoms with van der Waals surface area (Å²) in [5.41, 5.74) is 3.33. The van der Waals surface area contributed by atoms with Crippen LogP contribution >= 0.6 is 11.6 Å². The number of carbonyl (C=O) groups excluding carboxylic acids is 2. The van der Waals surface area contributed by atoms with Crippen LogP contribution in [-0.4, -0.2) is 21.8 Å². The zero-order valence-corrected chi connectivity index (χ0v) is 16.0. The zero-order chi connectivity index (χ0) is 20.1. The van der Waals surface area contributed by atoms with E-state index in [4.69, 9.17) is 11.6 Å². The van der Waals surface area contributed by atoms with Gasteiger partial charge in [0, 0.05) is 41.4 Å². The van der Waals surface area contributed by atoms with Crippen molar-refractivity contribution in [3.8, 4) is 0 Å². The van der Waals surface area contributed by atoms with E-state index in [1.807, 2.05) is 6.92 Å². The normalized spacial score (nSPS) is 10.2. The number of nitrogens with zero attached hydrogens (tertiary/aromatic N) is 2. The average Bonchev–Trinajstić information content (AvgIpc) is 2.66. The summed E-state index contributed by atoms with van der Waals surface area (Å²) in [6.45, 7) is 3.31. The topological polar surface area (TPSA) is 96.0 Å². The molecule has 3 N–H and O–H groups in total. The van der Waals surface area contributed by atoms with Gasteiger partial charge in [-0.3, -0.25) is 9.59 Å². The molecular formula is C20H18ClN5O2. The van der Waals surface area contributed by atoms with E-state index in [9.17, 15) is 9.59 Å². The molecule has 2 aromatic carbocycles. The maximum atomic E-state index is 12.4. The summed E-state index contributed by atoms with van der Waals surface area (Å²) >= 11 is 5.93. The molecule has 0 saturated heterocycles. The van der Waals surface area contributed by atoms with Crippen molar-refractivity contribution in [3.63, 3.8) is 0 Å². The van der Waals surface area contributed by atoms with Crippen LogP contribution in [0.4, 0.5) is 23.0 Å². The van der Waals surface area contributed by atoms with Crippen molar-refractivity contribution in [2.75, 3.05) is 16.0 Å². The van der Waals surface area contributed by atoms with Gasteiger partial charge < -0.3 is 16.0 Å². The van der Waals surface area contributed by atoms with E-state index >= 15 is 0 Å². The first-order chi connectivity index (χ1) is 13.4. The largest absolute Gasteiger partial charge is 0.326 e. The Labute approximate surface area is 167 Å². The minimum atomic E-state index is -0.309. The third kappa shape index (κ3) is 5.05. The number of amides is 2. The van der Waals surface area contributed by atoms with Gasteiger partial charge in [-0.2, -0.15) is 0 Å². The SMILES string of the molecule is CC(=O)Nc1ccc(Nc2ncc(C(=O)Nc3ccc(Cl)cc3C)cn2)cc1. The van der Waals surface area contributed by atoms with Crippen molar-refractivity contribution in [1.29, 1.82) is 0 Å². The lowest BCUT2D eigenvalue weighted by Gasteiger charge is -2.09. The standard InChI is InChI=1S/C20H18ClN5O2/c1-12-9-15(21)3-8-18(12)26-19(28)14-10-22-20(23-11-14)25-17-6-4-16(5-7-17)24-13(2)27/h3-11H,1-2H3,(H,24,27)(H,26,28)(H,22,23,25). The minimum Gasteiger partial charge on any atom is -0.326 e. The number of nitrogens with one attached hydrogen (secondary N) is 3. The van der Waals surface area contributed by atoms with E-state index in [0.717, 1.165) is 11.3 Å². The van der Waals surface area contributed by atoms with Crippen molar-refractivity contribution in [3.05, 3.63) is 71.0 Å². The Bertz CT molecular complexity index is 1000. The van der Waals surface area contributed by atoms with Crippen molar-refractivity contribution in [2.24, 2.45) is 0 Å². The second-order valence-electron chi connectivity index (χ2n) is 6.09. The number of hydrogen-bond acceptors (Lipinski definition) is 5.